The van der Waals surface area contributed by atoms with Crippen molar-refractivity contribution in [2.75, 3.05) is 12.0 Å². The molecule has 1 aromatic carbocycles. The number of esters is 1. The fourth-order valence-electron chi connectivity index (χ4n) is 1.95. The Hall–Kier alpha value is -1.50. The highest BCUT2D eigenvalue weighted by Gasteiger charge is 2.41. The largest absolute Gasteiger partial charge is 0.417 e. The number of rotatable bonds is 3. The van der Waals surface area contributed by atoms with E-state index in [2.05, 4.69) is 4.99 Å². The molecule has 1 aliphatic heterocycles. The number of benzene rings is 1. The third-order valence-corrected chi connectivity index (χ3v) is 3.55. The van der Waals surface area contributed by atoms with Crippen LogP contribution in [0.5, 0.6) is 0 Å². The Labute approximate surface area is 118 Å². The summed E-state index contributed by atoms with van der Waals surface area (Å²) in [5, 5.41) is 0. The zero-order valence-corrected chi connectivity index (χ0v) is 11.6. The number of fused-ring (bicyclic) bond motifs is 1. The van der Waals surface area contributed by atoms with Gasteiger partial charge < -0.3 is 4.74 Å². The Balaban J connectivity index is 2.53. The highest BCUT2D eigenvalue weighted by atomic mass is 32.2. The number of carbonyl (C=O) groups excluding carboxylic acids is 1. The molecular weight excluding hydrogens is 291 g/mol. The molecule has 0 saturated carbocycles. The molecule has 0 radical (unpaired) electrons. The molecule has 0 N–H and O–H groups in total. The Morgan fingerprint density at radius 1 is 1.40 bits per heavy atom. The van der Waals surface area contributed by atoms with Crippen LogP contribution in [0.25, 0.3) is 0 Å². The van der Waals surface area contributed by atoms with Crippen LogP contribution in [0.4, 0.5) is 13.2 Å². The van der Waals surface area contributed by atoms with E-state index in [4.69, 9.17) is 4.74 Å². The van der Waals surface area contributed by atoms with Crippen LogP contribution >= 0.6 is 11.8 Å². The molecule has 0 bridgehead atoms. The summed E-state index contributed by atoms with van der Waals surface area (Å²) in [6.45, 7) is 1.76. The highest BCUT2D eigenvalue weighted by molar-refractivity contribution is 7.98. The summed E-state index contributed by atoms with van der Waals surface area (Å²) in [7, 11) is 0. The van der Waals surface area contributed by atoms with Crippen molar-refractivity contribution in [1.82, 2.24) is 0 Å². The van der Waals surface area contributed by atoms with Crippen LogP contribution in [0.3, 0.4) is 0 Å². The molecule has 1 atom stereocenters. The van der Waals surface area contributed by atoms with Crippen LogP contribution < -0.4 is 0 Å². The lowest BCUT2D eigenvalue weighted by Crippen LogP contribution is -2.14. The molecule has 3 nitrogen and oxygen atoms in total. The Kier molecular flexibility index (Phi) is 4.08. The van der Waals surface area contributed by atoms with Crippen molar-refractivity contribution >= 4 is 23.6 Å². The molecule has 2 rings (SSSR count). The van der Waals surface area contributed by atoms with E-state index in [1.807, 2.05) is 6.26 Å². The standard InChI is InChI=1S/C13H12F3NO2S/c1-7(6-20-2)17-11-10-8(12(18)19-11)4-3-5-9(10)13(14,15)16/h3-5,7H,6H2,1-2H3/b17-11-/t7-/m0/s1. The van der Waals surface area contributed by atoms with Gasteiger partial charge in [0.05, 0.1) is 22.7 Å². The topological polar surface area (TPSA) is 38.7 Å². The molecule has 1 aromatic rings. The van der Waals surface area contributed by atoms with Gasteiger partial charge in [0.25, 0.3) is 0 Å². The van der Waals surface area contributed by atoms with E-state index in [9.17, 15) is 18.0 Å². The van der Waals surface area contributed by atoms with E-state index in [-0.39, 0.29) is 23.1 Å². The monoisotopic (exact) mass is 303 g/mol. The van der Waals surface area contributed by atoms with Crippen molar-refractivity contribution in [2.45, 2.75) is 19.1 Å². The summed E-state index contributed by atoms with van der Waals surface area (Å²) in [4.78, 5) is 15.7. The first-order chi connectivity index (χ1) is 9.34. The van der Waals surface area contributed by atoms with Crippen LogP contribution in [0, 0.1) is 0 Å². The zero-order valence-electron chi connectivity index (χ0n) is 10.8. The molecule has 0 spiro atoms. The Morgan fingerprint density at radius 3 is 2.70 bits per heavy atom. The molecule has 0 saturated heterocycles. The quantitative estimate of drug-likeness (QED) is 0.804. The van der Waals surface area contributed by atoms with Crippen LogP contribution in [0.15, 0.2) is 23.2 Å². The minimum absolute atomic E-state index is 0.0880. The third-order valence-electron chi connectivity index (χ3n) is 2.74. The van der Waals surface area contributed by atoms with Gasteiger partial charge >= 0.3 is 12.1 Å². The van der Waals surface area contributed by atoms with Crippen molar-refractivity contribution in [1.29, 1.82) is 0 Å². The number of carbonyl (C=O) groups is 1. The number of cyclic esters (lactones) is 1. The number of ether oxygens (including phenoxy) is 1. The predicted molar refractivity (Wildman–Crippen MR) is 71.2 cm³/mol. The smallest absolute Gasteiger partial charge is 0.404 e. The summed E-state index contributed by atoms with van der Waals surface area (Å²) < 4.78 is 43.9. The van der Waals surface area contributed by atoms with E-state index >= 15 is 0 Å². The summed E-state index contributed by atoms with van der Waals surface area (Å²) in [5.41, 5.74) is -1.23. The number of halogens is 3. The maximum absolute atomic E-state index is 13.0. The van der Waals surface area contributed by atoms with Gasteiger partial charge in [-0.2, -0.15) is 24.9 Å². The molecule has 0 unspecified atom stereocenters. The first kappa shape index (κ1) is 14.9. The fourth-order valence-corrected chi connectivity index (χ4v) is 2.51. The molecule has 7 heteroatoms. The van der Waals surface area contributed by atoms with Crippen LogP contribution in [-0.2, 0) is 10.9 Å². The predicted octanol–water partition coefficient (Wildman–Crippen LogP) is 3.37. The van der Waals surface area contributed by atoms with Crippen molar-refractivity contribution in [3.63, 3.8) is 0 Å². The SMILES string of the molecule is CSC[C@H](C)/N=C1\OC(=O)c2cccc(C(F)(F)F)c21. The number of nitrogens with zero attached hydrogens (tertiary/aromatic N) is 1. The maximum atomic E-state index is 13.0. The molecule has 0 amide bonds. The number of thioether (sulfide) groups is 1. The second-order valence-corrected chi connectivity index (χ2v) is 5.26. The third kappa shape index (κ3) is 2.82. The van der Waals surface area contributed by atoms with Gasteiger partial charge in [-0.15, -0.1) is 0 Å². The summed E-state index contributed by atoms with van der Waals surface area (Å²) >= 11 is 1.52. The fraction of sp³-hybridized carbons (Fsp3) is 0.385. The van der Waals surface area contributed by atoms with Crippen molar-refractivity contribution in [3.8, 4) is 0 Å². The molecular formula is C13H12F3NO2S. The molecule has 108 valence electrons. The van der Waals surface area contributed by atoms with Crippen LogP contribution in [0.1, 0.15) is 28.4 Å². The number of alkyl halides is 3. The number of aliphatic imine (C=N–C) groups is 1. The van der Waals surface area contributed by atoms with E-state index in [0.717, 1.165) is 6.07 Å². The zero-order chi connectivity index (χ0) is 14.9. The van der Waals surface area contributed by atoms with Gasteiger partial charge in [0, 0.05) is 5.75 Å². The van der Waals surface area contributed by atoms with Gasteiger partial charge in [0.15, 0.2) is 0 Å². The normalized spacial score (nSPS) is 18.1. The molecule has 20 heavy (non-hydrogen) atoms. The average molecular weight is 303 g/mol. The minimum Gasteiger partial charge on any atom is -0.404 e. The van der Waals surface area contributed by atoms with E-state index in [1.165, 1.54) is 23.9 Å². The van der Waals surface area contributed by atoms with Gasteiger partial charge in [0.1, 0.15) is 0 Å². The van der Waals surface area contributed by atoms with E-state index < -0.39 is 17.7 Å². The van der Waals surface area contributed by atoms with Gasteiger partial charge in [-0.3, -0.25) is 0 Å². The van der Waals surface area contributed by atoms with Crippen molar-refractivity contribution in [2.24, 2.45) is 4.99 Å². The molecule has 0 aliphatic carbocycles. The second kappa shape index (κ2) is 5.47. The van der Waals surface area contributed by atoms with Gasteiger partial charge in [0.2, 0.25) is 5.90 Å². The van der Waals surface area contributed by atoms with Crippen molar-refractivity contribution < 1.29 is 22.7 Å². The van der Waals surface area contributed by atoms with E-state index in [0.29, 0.717) is 5.75 Å². The Bertz CT molecular complexity index is 569. The van der Waals surface area contributed by atoms with Crippen LogP contribution in [0.2, 0.25) is 0 Å². The van der Waals surface area contributed by atoms with Crippen LogP contribution in [-0.4, -0.2) is 29.9 Å². The molecule has 0 fully saturated rings. The maximum Gasteiger partial charge on any atom is 0.417 e. The van der Waals surface area contributed by atoms with E-state index in [1.54, 1.807) is 6.92 Å². The van der Waals surface area contributed by atoms with Gasteiger partial charge in [-0.05, 0) is 25.3 Å². The summed E-state index contributed by atoms with van der Waals surface area (Å²) in [6.07, 6.45) is -2.69. The van der Waals surface area contributed by atoms with Gasteiger partial charge in [-0.1, -0.05) is 6.07 Å². The average Bonchev–Trinajstić information content (AvgIpc) is 2.65. The highest BCUT2D eigenvalue weighted by Crippen LogP contribution is 2.36. The lowest BCUT2D eigenvalue weighted by Gasteiger charge is -2.11. The molecule has 0 aromatic heterocycles. The number of hydrogen-bond donors (Lipinski definition) is 0. The molecule has 1 aliphatic rings. The minimum atomic E-state index is -4.55. The lowest BCUT2D eigenvalue weighted by molar-refractivity contribution is -0.137. The Morgan fingerprint density at radius 2 is 2.10 bits per heavy atom. The summed E-state index contributed by atoms with van der Waals surface area (Å²) in [6, 6.07) is 3.20. The molecule has 1 heterocycles. The lowest BCUT2D eigenvalue weighted by atomic mass is 10.0. The second-order valence-electron chi connectivity index (χ2n) is 4.35. The first-order valence-electron chi connectivity index (χ1n) is 5.84. The van der Waals surface area contributed by atoms with Gasteiger partial charge in [-0.25, -0.2) is 9.79 Å². The number of hydrogen-bond acceptors (Lipinski definition) is 4. The first-order valence-corrected chi connectivity index (χ1v) is 7.23. The van der Waals surface area contributed by atoms with Crippen molar-refractivity contribution in [3.05, 3.63) is 34.9 Å². The summed E-state index contributed by atoms with van der Waals surface area (Å²) in [5.74, 6) is -0.398.